The Kier molecular flexibility index (Phi) is 3.30. The van der Waals surface area contributed by atoms with Crippen molar-refractivity contribution in [3.63, 3.8) is 0 Å². The first kappa shape index (κ1) is 12.3. The zero-order valence-electron chi connectivity index (χ0n) is 10.6. The number of para-hydroxylation sites is 1. The quantitative estimate of drug-likeness (QED) is 0.736. The zero-order chi connectivity index (χ0) is 13.2. The Labute approximate surface area is 120 Å². The molecule has 0 aliphatic carbocycles. The lowest BCUT2D eigenvalue weighted by molar-refractivity contribution is 0.301. The molecule has 2 aromatic carbocycles. The van der Waals surface area contributed by atoms with Gasteiger partial charge in [-0.1, -0.05) is 35.9 Å². The molecule has 2 nitrogen and oxygen atoms in total. The van der Waals surface area contributed by atoms with Gasteiger partial charge in [0.15, 0.2) is 0 Å². The smallest absolute Gasteiger partial charge is 0.129 e. The van der Waals surface area contributed by atoms with Crippen molar-refractivity contribution in [1.82, 2.24) is 4.98 Å². The second-order valence-electron chi connectivity index (χ2n) is 4.56. The summed E-state index contributed by atoms with van der Waals surface area (Å²) in [5.41, 5.74) is 3.41. The van der Waals surface area contributed by atoms with Crippen LogP contribution in [0.5, 0.6) is 5.75 Å². The van der Waals surface area contributed by atoms with Crippen LogP contribution in [0.15, 0.2) is 53.0 Å². The maximum absolute atomic E-state index is 5.80. The van der Waals surface area contributed by atoms with Crippen LogP contribution < -0.4 is 4.74 Å². The first-order chi connectivity index (χ1) is 9.24. The van der Waals surface area contributed by atoms with E-state index in [1.807, 2.05) is 24.3 Å². The molecule has 0 amide bonds. The van der Waals surface area contributed by atoms with Crippen molar-refractivity contribution in [3.05, 3.63) is 64.3 Å². The number of nitrogens with one attached hydrogen (secondary N) is 1. The van der Waals surface area contributed by atoms with Crippen LogP contribution in [0.3, 0.4) is 0 Å². The number of fused-ring (bicyclic) bond motifs is 1. The van der Waals surface area contributed by atoms with Gasteiger partial charge >= 0.3 is 0 Å². The van der Waals surface area contributed by atoms with Gasteiger partial charge in [-0.15, -0.1) is 0 Å². The van der Waals surface area contributed by atoms with Crippen LogP contribution in [0.2, 0.25) is 0 Å². The fourth-order valence-corrected chi connectivity index (χ4v) is 2.61. The fourth-order valence-electron chi connectivity index (χ4n) is 2.05. The lowest BCUT2D eigenvalue weighted by Crippen LogP contribution is -1.96. The lowest BCUT2D eigenvalue weighted by atomic mass is 10.2. The van der Waals surface area contributed by atoms with Gasteiger partial charge in [-0.2, -0.15) is 0 Å². The monoisotopic (exact) mass is 315 g/mol. The third-order valence-corrected chi connectivity index (χ3v) is 4.02. The van der Waals surface area contributed by atoms with E-state index in [0.29, 0.717) is 6.61 Å². The Morgan fingerprint density at radius 3 is 2.53 bits per heavy atom. The Balaban J connectivity index is 1.82. The van der Waals surface area contributed by atoms with Gasteiger partial charge in [-0.05, 0) is 41.1 Å². The van der Waals surface area contributed by atoms with Gasteiger partial charge in [0.2, 0.25) is 0 Å². The minimum atomic E-state index is 0.526. The predicted molar refractivity (Wildman–Crippen MR) is 81.5 cm³/mol. The van der Waals surface area contributed by atoms with E-state index in [2.05, 4.69) is 52.1 Å². The third-order valence-electron chi connectivity index (χ3n) is 3.12. The predicted octanol–water partition coefficient (Wildman–Crippen LogP) is 4.82. The molecular weight excluding hydrogens is 302 g/mol. The Bertz CT molecular complexity index is 700. The average Bonchev–Trinajstić information content (AvgIpc) is 2.76. The summed E-state index contributed by atoms with van der Waals surface area (Å²) >= 11 is 3.63. The van der Waals surface area contributed by atoms with Crippen LogP contribution in [0.4, 0.5) is 0 Å². The number of aromatic amines is 1. The van der Waals surface area contributed by atoms with Crippen LogP contribution in [0.1, 0.15) is 11.3 Å². The van der Waals surface area contributed by atoms with Crippen LogP contribution in [-0.2, 0) is 6.61 Å². The standard InChI is InChI=1S/C16H14BrNO/c1-11-6-8-12(9-7-11)19-10-15-16(17)13-4-2-3-5-14(13)18-15/h2-9,18H,10H2,1H3. The van der Waals surface area contributed by atoms with E-state index in [1.165, 1.54) is 10.9 Å². The van der Waals surface area contributed by atoms with E-state index in [1.54, 1.807) is 0 Å². The van der Waals surface area contributed by atoms with Crippen molar-refractivity contribution in [3.8, 4) is 5.75 Å². The van der Waals surface area contributed by atoms with Gasteiger partial charge in [-0.25, -0.2) is 0 Å². The number of H-pyrrole nitrogens is 1. The number of aryl methyl sites for hydroxylation is 1. The van der Waals surface area contributed by atoms with E-state index < -0.39 is 0 Å². The largest absolute Gasteiger partial charge is 0.487 e. The van der Waals surface area contributed by atoms with E-state index in [-0.39, 0.29) is 0 Å². The van der Waals surface area contributed by atoms with E-state index in [0.717, 1.165) is 21.4 Å². The number of halogens is 1. The molecule has 0 saturated heterocycles. The van der Waals surface area contributed by atoms with E-state index >= 15 is 0 Å². The Morgan fingerprint density at radius 1 is 1.05 bits per heavy atom. The van der Waals surface area contributed by atoms with Crippen molar-refractivity contribution < 1.29 is 4.74 Å². The molecule has 3 aromatic rings. The molecule has 0 bridgehead atoms. The summed E-state index contributed by atoms with van der Waals surface area (Å²) in [7, 11) is 0. The van der Waals surface area contributed by atoms with Crippen molar-refractivity contribution in [2.24, 2.45) is 0 Å². The highest BCUT2D eigenvalue weighted by molar-refractivity contribution is 9.10. The van der Waals surface area contributed by atoms with Crippen LogP contribution in [0.25, 0.3) is 10.9 Å². The molecule has 3 rings (SSSR count). The molecule has 0 aliphatic rings. The molecule has 0 fully saturated rings. The highest BCUT2D eigenvalue weighted by Gasteiger charge is 2.08. The lowest BCUT2D eigenvalue weighted by Gasteiger charge is -2.05. The second-order valence-corrected chi connectivity index (χ2v) is 5.36. The number of rotatable bonds is 3. The molecule has 0 atom stereocenters. The van der Waals surface area contributed by atoms with Crippen LogP contribution in [0, 0.1) is 6.92 Å². The van der Waals surface area contributed by atoms with Gasteiger partial charge in [-0.3, -0.25) is 0 Å². The van der Waals surface area contributed by atoms with Crippen molar-refractivity contribution >= 4 is 26.8 Å². The summed E-state index contributed by atoms with van der Waals surface area (Å²) in [6, 6.07) is 16.3. The van der Waals surface area contributed by atoms with Gasteiger partial charge in [0.05, 0.1) is 5.69 Å². The number of benzene rings is 2. The summed E-state index contributed by atoms with van der Waals surface area (Å²) in [6.07, 6.45) is 0. The molecule has 19 heavy (non-hydrogen) atoms. The SMILES string of the molecule is Cc1ccc(OCc2[nH]c3ccccc3c2Br)cc1. The van der Waals surface area contributed by atoms with E-state index in [4.69, 9.17) is 4.74 Å². The fraction of sp³-hybridized carbons (Fsp3) is 0.125. The molecule has 0 unspecified atom stereocenters. The molecule has 0 aliphatic heterocycles. The van der Waals surface area contributed by atoms with E-state index in [9.17, 15) is 0 Å². The minimum absolute atomic E-state index is 0.526. The first-order valence-electron chi connectivity index (χ1n) is 6.18. The number of hydrogen-bond donors (Lipinski definition) is 1. The molecule has 0 radical (unpaired) electrons. The van der Waals surface area contributed by atoms with Crippen molar-refractivity contribution in [1.29, 1.82) is 0 Å². The van der Waals surface area contributed by atoms with Crippen LogP contribution >= 0.6 is 15.9 Å². The first-order valence-corrected chi connectivity index (χ1v) is 6.98. The zero-order valence-corrected chi connectivity index (χ0v) is 12.2. The third kappa shape index (κ3) is 2.51. The molecule has 0 saturated carbocycles. The van der Waals surface area contributed by atoms with Gasteiger partial charge in [0.1, 0.15) is 12.4 Å². The second kappa shape index (κ2) is 5.10. The molecule has 96 valence electrons. The molecular formula is C16H14BrNO. The molecule has 1 N–H and O–H groups in total. The molecule has 0 spiro atoms. The van der Waals surface area contributed by atoms with Crippen LogP contribution in [-0.4, -0.2) is 4.98 Å². The maximum Gasteiger partial charge on any atom is 0.129 e. The summed E-state index contributed by atoms with van der Waals surface area (Å²) in [5.74, 6) is 0.885. The maximum atomic E-state index is 5.80. The summed E-state index contributed by atoms with van der Waals surface area (Å²) in [4.78, 5) is 3.37. The number of ether oxygens (including phenoxy) is 1. The molecule has 1 heterocycles. The highest BCUT2D eigenvalue weighted by atomic mass is 79.9. The minimum Gasteiger partial charge on any atom is -0.487 e. The Morgan fingerprint density at radius 2 is 1.79 bits per heavy atom. The average molecular weight is 316 g/mol. The summed E-state index contributed by atoms with van der Waals surface area (Å²) in [6.45, 7) is 2.59. The summed E-state index contributed by atoms with van der Waals surface area (Å²) in [5, 5.41) is 1.19. The normalized spacial score (nSPS) is 10.8. The van der Waals surface area contributed by atoms with Gasteiger partial charge in [0.25, 0.3) is 0 Å². The van der Waals surface area contributed by atoms with Gasteiger partial charge in [0, 0.05) is 15.4 Å². The summed E-state index contributed by atoms with van der Waals surface area (Å²) < 4.78 is 6.88. The molecule has 3 heteroatoms. The van der Waals surface area contributed by atoms with Crippen molar-refractivity contribution in [2.75, 3.05) is 0 Å². The van der Waals surface area contributed by atoms with Gasteiger partial charge < -0.3 is 9.72 Å². The number of aromatic nitrogens is 1. The Hall–Kier alpha value is -1.74. The molecule has 1 aromatic heterocycles. The number of hydrogen-bond acceptors (Lipinski definition) is 1. The highest BCUT2D eigenvalue weighted by Crippen LogP contribution is 2.28. The van der Waals surface area contributed by atoms with Crippen molar-refractivity contribution in [2.45, 2.75) is 13.5 Å². The topological polar surface area (TPSA) is 25.0 Å².